The molecule has 0 N–H and O–H groups in total. The number of hydrogen-bond donors (Lipinski definition) is 0. The third-order valence-corrected chi connectivity index (χ3v) is 4.04. The molecule has 2 aromatic carbocycles. The second kappa shape index (κ2) is 7.44. The van der Waals surface area contributed by atoms with Gasteiger partial charge in [0.15, 0.2) is 17.3 Å². The summed E-state index contributed by atoms with van der Waals surface area (Å²) in [5.41, 5.74) is 1.90. The summed E-state index contributed by atoms with van der Waals surface area (Å²) in [7, 11) is 1.56. The van der Waals surface area contributed by atoms with E-state index in [9.17, 15) is 9.18 Å². The molecular weight excluding hydrogens is 335 g/mol. The van der Waals surface area contributed by atoms with E-state index in [2.05, 4.69) is 0 Å². The monoisotopic (exact) mass is 354 g/mol. The molecule has 3 rings (SSSR count). The molecule has 0 bridgehead atoms. The van der Waals surface area contributed by atoms with Crippen LogP contribution in [0.15, 0.2) is 46.9 Å². The van der Waals surface area contributed by atoms with Crippen LogP contribution < -0.4 is 9.47 Å². The third kappa shape index (κ3) is 3.47. The van der Waals surface area contributed by atoms with Crippen molar-refractivity contribution >= 4 is 22.8 Å². The van der Waals surface area contributed by atoms with Gasteiger partial charge in [0.1, 0.15) is 11.4 Å². The highest BCUT2D eigenvalue weighted by Crippen LogP contribution is 2.29. The van der Waals surface area contributed by atoms with Crippen molar-refractivity contribution < 1.29 is 23.1 Å². The van der Waals surface area contributed by atoms with Crippen LogP contribution in [0.3, 0.4) is 0 Å². The summed E-state index contributed by atoms with van der Waals surface area (Å²) in [4.78, 5) is 12.5. The Bertz CT molecular complexity index is 985. The Morgan fingerprint density at radius 2 is 2.00 bits per heavy atom. The van der Waals surface area contributed by atoms with Crippen molar-refractivity contribution in [1.82, 2.24) is 0 Å². The molecule has 3 aromatic rings. The highest BCUT2D eigenvalue weighted by molar-refractivity contribution is 6.08. The van der Waals surface area contributed by atoms with Gasteiger partial charge in [-0.05, 0) is 55.8 Å². The van der Waals surface area contributed by atoms with Gasteiger partial charge < -0.3 is 13.9 Å². The van der Waals surface area contributed by atoms with E-state index in [1.165, 1.54) is 24.3 Å². The zero-order chi connectivity index (χ0) is 18.7. The summed E-state index contributed by atoms with van der Waals surface area (Å²) >= 11 is 0. The predicted octanol–water partition coefficient (Wildman–Crippen LogP) is 5.18. The third-order valence-electron chi connectivity index (χ3n) is 4.04. The van der Waals surface area contributed by atoms with Crippen LogP contribution in [0.2, 0.25) is 0 Å². The fraction of sp³-hybridized carbons (Fsp3) is 0.190. The molecule has 26 heavy (non-hydrogen) atoms. The van der Waals surface area contributed by atoms with E-state index in [1.807, 2.05) is 13.0 Å². The van der Waals surface area contributed by atoms with E-state index in [0.717, 1.165) is 5.56 Å². The number of furan rings is 1. The van der Waals surface area contributed by atoms with Crippen LogP contribution in [0.25, 0.3) is 17.0 Å². The van der Waals surface area contributed by atoms with Crippen molar-refractivity contribution in [2.45, 2.75) is 13.8 Å². The Labute approximate surface area is 150 Å². The van der Waals surface area contributed by atoms with Crippen LogP contribution in [-0.4, -0.2) is 19.5 Å². The Balaban J connectivity index is 1.87. The Kier molecular flexibility index (Phi) is 5.07. The molecule has 1 heterocycles. The molecule has 0 amide bonds. The van der Waals surface area contributed by atoms with Crippen LogP contribution in [0.4, 0.5) is 4.39 Å². The second-order valence-corrected chi connectivity index (χ2v) is 5.74. The van der Waals surface area contributed by atoms with Gasteiger partial charge >= 0.3 is 0 Å². The molecule has 0 aliphatic carbocycles. The van der Waals surface area contributed by atoms with Gasteiger partial charge in [0.25, 0.3) is 0 Å². The number of hydrogen-bond acceptors (Lipinski definition) is 4. The summed E-state index contributed by atoms with van der Waals surface area (Å²) < 4.78 is 29.8. The first-order valence-corrected chi connectivity index (χ1v) is 8.25. The number of rotatable bonds is 6. The quantitative estimate of drug-likeness (QED) is 0.452. The van der Waals surface area contributed by atoms with Crippen molar-refractivity contribution in [2.75, 3.05) is 13.7 Å². The normalized spacial score (nSPS) is 11.2. The molecule has 0 fully saturated rings. The van der Waals surface area contributed by atoms with Gasteiger partial charge in [-0.2, -0.15) is 0 Å². The van der Waals surface area contributed by atoms with Crippen molar-refractivity contribution in [3.8, 4) is 11.5 Å². The zero-order valence-corrected chi connectivity index (χ0v) is 14.8. The van der Waals surface area contributed by atoms with Gasteiger partial charge in [-0.15, -0.1) is 0 Å². The fourth-order valence-electron chi connectivity index (χ4n) is 2.74. The van der Waals surface area contributed by atoms with Crippen LogP contribution in [0.1, 0.15) is 28.6 Å². The van der Waals surface area contributed by atoms with Gasteiger partial charge in [-0.25, -0.2) is 4.39 Å². The van der Waals surface area contributed by atoms with Crippen molar-refractivity contribution in [3.05, 3.63) is 65.2 Å². The highest BCUT2D eigenvalue weighted by atomic mass is 19.1. The first kappa shape index (κ1) is 17.7. The Morgan fingerprint density at radius 1 is 1.19 bits per heavy atom. The largest absolute Gasteiger partial charge is 0.493 e. The number of ketones is 1. The van der Waals surface area contributed by atoms with E-state index in [-0.39, 0.29) is 17.4 Å². The average Bonchev–Trinajstić information content (AvgIpc) is 2.97. The lowest BCUT2D eigenvalue weighted by molar-refractivity contribution is 0.102. The number of fused-ring (bicyclic) bond motifs is 1. The van der Waals surface area contributed by atoms with Gasteiger partial charge in [0.2, 0.25) is 5.78 Å². The molecule has 0 aliphatic rings. The minimum atomic E-state index is -0.363. The predicted molar refractivity (Wildman–Crippen MR) is 98.4 cm³/mol. The van der Waals surface area contributed by atoms with E-state index in [4.69, 9.17) is 13.9 Å². The molecule has 4 nitrogen and oxygen atoms in total. The zero-order valence-electron chi connectivity index (χ0n) is 14.8. The first-order chi connectivity index (χ1) is 12.5. The van der Waals surface area contributed by atoms with Crippen LogP contribution in [0, 0.1) is 12.7 Å². The van der Waals surface area contributed by atoms with Crippen LogP contribution in [-0.2, 0) is 0 Å². The summed E-state index contributed by atoms with van der Waals surface area (Å²) in [6.45, 7) is 4.18. The Morgan fingerprint density at radius 3 is 2.73 bits per heavy atom. The number of allylic oxidation sites excluding steroid dienone is 1. The maximum atomic E-state index is 13.4. The number of aryl methyl sites for hydroxylation is 1. The van der Waals surface area contributed by atoms with Crippen LogP contribution >= 0.6 is 0 Å². The summed E-state index contributed by atoms with van der Waals surface area (Å²) in [6, 6.07) is 9.61. The number of carbonyl (C=O) groups is 1. The SMILES string of the molecule is CCOc1ccc(/C=C/C(=O)c2oc3ccc(F)cc3c2C)cc1OC. The standard InChI is InChI=1S/C21H19FO4/c1-4-25-19-9-6-14(11-20(19)24-3)5-8-17(23)21-13(2)16-12-15(22)7-10-18(16)26-21/h5-12H,4H2,1-3H3/b8-5+. The van der Waals surface area contributed by atoms with Gasteiger partial charge in [-0.3, -0.25) is 4.79 Å². The molecule has 0 saturated carbocycles. The Hall–Kier alpha value is -3.08. The topological polar surface area (TPSA) is 48.7 Å². The summed E-state index contributed by atoms with van der Waals surface area (Å²) in [6.07, 6.45) is 3.10. The average molecular weight is 354 g/mol. The van der Waals surface area contributed by atoms with E-state index >= 15 is 0 Å². The summed E-state index contributed by atoms with van der Waals surface area (Å²) in [5.74, 6) is 0.801. The molecular formula is C21H19FO4. The van der Waals surface area contributed by atoms with Crippen molar-refractivity contribution in [2.24, 2.45) is 0 Å². The molecule has 0 atom stereocenters. The smallest absolute Gasteiger partial charge is 0.221 e. The molecule has 0 saturated heterocycles. The first-order valence-electron chi connectivity index (χ1n) is 8.25. The number of benzene rings is 2. The maximum Gasteiger partial charge on any atom is 0.221 e. The second-order valence-electron chi connectivity index (χ2n) is 5.74. The number of halogens is 1. The van der Waals surface area contributed by atoms with Gasteiger partial charge in [0, 0.05) is 10.9 Å². The van der Waals surface area contributed by atoms with Crippen molar-refractivity contribution in [1.29, 1.82) is 0 Å². The molecule has 0 aliphatic heterocycles. The lowest BCUT2D eigenvalue weighted by Crippen LogP contribution is -1.96. The molecule has 0 radical (unpaired) electrons. The number of ether oxygens (including phenoxy) is 2. The minimum absolute atomic E-state index is 0.208. The molecule has 134 valence electrons. The molecule has 0 spiro atoms. The van der Waals surface area contributed by atoms with Gasteiger partial charge in [-0.1, -0.05) is 12.1 Å². The lowest BCUT2D eigenvalue weighted by Gasteiger charge is -2.09. The summed E-state index contributed by atoms with van der Waals surface area (Å²) in [5, 5.41) is 0.601. The minimum Gasteiger partial charge on any atom is -0.493 e. The van der Waals surface area contributed by atoms with Crippen molar-refractivity contribution in [3.63, 3.8) is 0 Å². The highest BCUT2D eigenvalue weighted by Gasteiger charge is 2.16. The van der Waals surface area contributed by atoms with E-state index < -0.39 is 0 Å². The lowest BCUT2D eigenvalue weighted by atomic mass is 10.1. The molecule has 0 unspecified atom stereocenters. The molecule has 5 heteroatoms. The fourth-order valence-corrected chi connectivity index (χ4v) is 2.74. The molecule has 1 aromatic heterocycles. The number of carbonyl (C=O) groups excluding carboxylic acids is 1. The van der Waals surface area contributed by atoms with Crippen LogP contribution in [0.5, 0.6) is 11.5 Å². The van der Waals surface area contributed by atoms with Gasteiger partial charge in [0.05, 0.1) is 13.7 Å². The maximum absolute atomic E-state index is 13.4. The van der Waals surface area contributed by atoms with E-state index in [0.29, 0.717) is 34.6 Å². The number of methoxy groups -OCH3 is 1. The van der Waals surface area contributed by atoms with E-state index in [1.54, 1.807) is 32.2 Å².